The van der Waals surface area contributed by atoms with Crippen molar-refractivity contribution >= 4 is 28.5 Å². The Labute approximate surface area is 226 Å². The fraction of sp³-hybridized carbons (Fsp3) is 0.296. The summed E-state index contributed by atoms with van der Waals surface area (Å²) in [4.78, 5) is 44.0. The summed E-state index contributed by atoms with van der Waals surface area (Å²) in [5, 5.41) is 7.21. The van der Waals surface area contributed by atoms with Crippen molar-refractivity contribution in [3.63, 3.8) is 0 Å². The number of anilines is 1. The fourth-order valence-corrected chi connectivity index (χ4v) is 4.64. The van der Waals surface area contributed by atoms with Crippen LogP contribution in [-0.2, 0) is 28.9 Å². The number of rotatable bonds is 8. The molecule has 3 heterocycles. The van der Waals surface area contributed by atoms with E-state index in [1.807, 2.05) is 0 Å². The SMILES string of the molecule is COc1ccc(N2CC(C(=O)NCCn3ncc4c(=O)n(Cc5cccc(C(F)(F)F)c5)cnc43)CC2=O)cc1. The van der Waals surface area contributed by atoms with Crippen LogP contribution in [-0.4, -0.2) is 51.3 Å². The molecule has 1 aliphatic heterocycles. The highest BCUT2D eigenvalue weighted by molar-refractivity contribution is 6.00. The number of aromatic nitrogens is 4. The molecule has 1 unspecified atom stereocenters. The molecule has 1 fully saturated rings. The summed E-state index contributed by atoms with van der Waals surface area (Å²) in [6, 6.07) is 11.8. The summed E-state index contributed by atoms with van der Waals surface area (Å²) in [5.74, 6) is -0.253. The molecule has 0 radical (unpaired) electrons. The third-order valence-corrected chi connectivity index (χ3v) is 6.73. The van der Waals surface area contributed by atoms with Crippen LogP contribution in [0.4, 0.5) is 18.9 Å². The number of amides is 2. The lowest BCUT2D eigenvalue weighted by atomic mass is 10.1. The Bertz CT molecular complexity index is 1610. The van der Waals surface area contributed by atoms with E-state index in [9.17, 15) is 27.6 Å². The molecule has 0 saturated carbocycles. The van der Waals surface area contributed by atoms with Crippen LogP contribution in [0.1, 0.15) is 17.5 Å². The molecule has 1 N–H and O–H groups in total. The van der Waals surface area contributed by atoms with E-state index in [1.165, 1.54) is 33.9 Å². The maximum absolute atomic E-state index is 13.0. The quantitative estimate of drug-likeness (QED) is 0.359. The molecule has 5 rings (SSSR count). The molecule has 2 aromatic heterocycles. The molecule has 0 spiro atoms. The second-order valence-electron chi connectivity index (χ2n) is 9.38. The summed E-state index contributed by atoms with van der Waals surface area (Å²) in [5.41, 5.74) is 0.0532. The molecular formula is C27H25F3N6O4. The monoisotopic (exact) mass is 554 g/mol. The van der Waals surface area contributed by atoms with Crippen molar-refractivity contribution in [2.45, 2.75) is 25.7 Å². The lowest BCUT2D eigenvalue weighted by molar-refractivity contribution is -0.137. The van der Waals surface area contributed by atoms with E-state index in [-0.39, 0.29) is 49.8 Å². The second-order valence-corrected chi connectivity index (χ2v) is 9.38. The van der Waals surface area contributed by atoms with Gasteiger partial charge in [-0.15, -0.1) is 0 Å². The Hall–Kier alpha value is -4.68. The fourth-order valence-electron chi connectivity index (χ4n) is 4.64. The average Bonchev–Trinajstić information content (AvgIpc) is 3.54. The zero-order chi connectivity index (χ0) is 28.4. The van der Waals surface area contributed by atoms with Crippen LogP contribution in [0.5, 0.6) is 5.75 Å². The number of ether oxygens (including phenoxy) is 1. The Morgan fingerprint density at radius 2 is 1.93 bits per heavy atom. The number of methoxy groups -OCH3 is 1. The number of alkyl halides is 3. The number of halogens is 3. The van der Waals surface area contributed by atoms with Gasteiger partial charge in [-0.1, -0.05) is 12.1 Å². The highest BCUT2D eigenvalue weighted by Gasteiger charge is 2.35. The zero-order valence-corrected chi connectivity index (χ0v) is 21.4. The lowest BCUT2D eigenvalue weighted by Crippen LogP contribution is -2.35. The lowest BCUT2D eigenvalue weighted by Gasteiger charge is -2.17. The van der Waals surface area contributed by atoms with Crippen LogP contribution < -0.4 is 20.5 Å². The standard InChI is InChI=1S/C27H25F3N6O4/c1-40-21-7-5-20(6-8-21)35-15-18(12-23(35)37)25(38)31-9-10-36-24-22(13-33-36)26(39)34(16-32-24)14-17-3-2-4-19(11-17)27(28,29)30/h2-8,11,13,16,18H,9-10,12,14-15H2,1H3,(H,31,38). The molecule has 4 aromatic rings. The average molecular weight is 555 g/mol. The number of benzene rings is 2. The Morgan fingerprint density at radius 3 is 2.65 bits per heavy atom. The van der Waals surface area contributed by atoms with E-state index in [1.54, 1.807) is 36.3 Å². The van der Waals surface area contributed by atoms with Crippen LogP contribution in [0.25, 0.3) is 11.0 Å². The van der Waals surface area contributed by atoms with E-state index in [0.29, 0.717) is 22.6 Å². The van der Waals surface area contributed by atoms with Gasteiger partial charge in [0.1, 0.15) is 17.5 Å². The normalized spacial score (nSPS) is 15.6. The van der Waals surface area contributed by atoms with Crippen LogP contribution in [0.15, 0.2) is 65.8 Å². The molecule has 40 heavy (non-hydrogen) atoms. The highest BCUT2D eigenvalue weighted by atomic mass is 19.4. The van der Waals surface area contributed by atoms with Gasteiger partial charge in [-0.2, -0.15) is 18.3 Å². The number of hydrogen-bond acceptors (Lipinski definition) is 6. The molecule has 10 nitrogen and oxygen atoms in total. The number of nitrogens with zero attached hydrogens (tertiary/aromatic N) is 5. The van der Waals surface area contributed by atoms with Crippen molar-refractivity contribution in [1.29, 1.82) is 0 Å². The summed E-state index contributed by atoms with van der Waals surface area (Å²) in [6.07, 6.45) is -1.78. The Morgan fingerprint density at radius 1 is 1.15 bits per heavy atom. The van der Waals surface area contributed by atoms with E-state index in [4.69, 9.17) is 4.74 Å². The summed E-state index contributed by atoms with van der Waals surface area (Å²) in [7, 11) is 1.55. The molecule has 13 heteroatoms. The van der Waals surface area contributed by atoms with Crippen LogP contribution in [0, 0.1) is 5.92 Å². The first-order valence-corrected chi connectivity index (χ1v) is 12.4. The van der Waals surface area contributed by atoms with Crippen molar-refractivity contribution in [2.75, 3.05) is 25.1 Å². The van der Waals surface area contributed by atoms with E-state index >= 15 is 0 Å². The molecule has 2 aromatic carbocycles. The topological polar surface area (TPSA) is 111 Å². The van der Waals surface area contributed by atoms with Gasteiger partial charge in [0.05, 0.1) is 37.9 Å². The molecule has 0 bridgehead atoms. The zero-order valence-electron chi connectivity index (χ0n) is 21.4. The maximum atomic E-state index is 13.0. The van der Waals surface area contributed by atoms with Crippen molar-refractivity contribution in [3.8, 4) is 5.75 Å². The Balaban J connectivity index is 1.20. The molecule has 0 aliphatic carbocycles. The molecule has 1 aliphatic rings. The third kappa shape index (κ3) is 5.53. The first kappa shape index (κ1) is 26.9. The minimum absolute atomic E-state index is 0.0828. The van der Waals surface area contributed by atoms with E-state index in [0.717, 1.165) is 12.1 Å². The number of carbonyl (C=O) groups is 2. The van der Waals surface area contributed by atoms with Crippen molar-refractivity contribution in [1.82, 2.24) is 24.6 Å². The predicted molar refractivity (Wildman–Crippen MR) is 139 cm³/mol. The maximum Gasteiger partial charge on any atom is 0.416 e. The summed E-state index contributed by atoms with van der Waals surface area (Å²) >= 11 is 0. The first-order chi connectivity index (χ1) is 19.1. The van der Waals surface area contributed by atoms with Gasteiger partial charge in [-0.3, -0.25) is 19.0 Å². The van der Waals surface area contributed by atoms with Gasteiger partial charge in [-0.25, -0.2) is 9.67 Å². The highest BCUT2D eigenvalue weighted by Crippen LogP contribution is 2.30. The third-order valence-electron chi connectivity index (χ3n) is 6.73. The Kier molecular flexibility index (Phi) is 7.28. The molecule has 2 amide bonds. The molecule has 1 atom stereocenters. The van der Waals surface area contributed by atoms with Crippen LogP contribution in [0.3, 0.4) is 0 Å². The van der Waals surface area contributed by atoms with Crippen molar-refractivity contribution in [3.05, 3.63) is 82.5 Å². The van der Waals surface area contributed by atoms with Gasteiger partial charge < -0.3 is 15.0 Å². The predicted octanol–water partition coefficient (Wildman–Crippen LogP) is 2.84. The van der Waals surface area contributed by atoms with Gasteiger partial charge in [-0.05, 0) is 42.0 Å². The van der Waals surface area contributed by atoms with Crippen LogP contribution >= 0.6 is 0 Å². The second kappa shape index (κ2) is 10.8. The minimum atomic E-state index is -4.48. The summed E-state index contributed by atoms with van der Waals surface area (Å²) < 4.78 is 46.9. The van der Waals surface area contributed by atoms with Gasteiger partial charge in [0.25, 0.3) is 5.56 Å². The van der Waals surface area contributed by atoms with Gasteiger partial charge in [0.15, 0.2) is 5.65 Å². The largest absolute Gasteiger partial charge is 0.497 e. The smallest absolute Gasteiger partial charge is 0.416 e. The number of carbonyl (C=O) groups excluding carboxylic acids is 2. The number of nitrogens with one attached hydrogen (secondary N) is 1. The van der Waals surface area contributed by atoms with E-state index in [2.05, 4.69) is 15.4 Å². The molecule has 1 saturated heterocycles. The van der Waals surface area contributed by atoms with Crippen molar-refractivity contribution in [2.24, 2.45) is 5.92 Å². The van der Waals surface area contributed by atoms with Gasteiger partial charge in [0, 0.05) is 25.2 Å². The van der Waals surface area contributed by atoms with Crippen LogP contribution in [0.2, 0.25) is 0 Å². The van der Waals surface area contributed by atoms with Gasteiger partial charge in [0.2, 0.25) is 11.8 Å². The van der Waals surface area contributed by atoms with Crippen molar-refractivity contribution < 1.29 is 27.5 Å². The molecule has 208 valence electrons. The summed E-state index contributed by atoms with van der Waals surface area (Å²) in [6.45, 7) is 0.593. The first-order valence-electron chi connectivity index (χ1n) is 12.4. The van der Waals surface area contributed by atoms with E-state index < -0.39 is 23.2 Å². The number of hydrogen-bond donors (Lipinski definition) is 1. The minimum Gasteiger partial charge on any atom is -0.497 e. The van der Waals surface area contributed by atoms with Gasteiger partial charge >= 0.3 is 6.18 Å². The molecular weight excluding hydrogens is 529 g/mol. The number of fused-ring (bicyclic) bond motifs is 1.